The van der Waals surface area contributed by atoms with Crippen molar-refractivity contribution in [1.82, 2.24) is 0 Å². The van der Waals surface area contributed by atoms with Crippen LogP contribution in [0.2, 0.25) is 15.1 Å². The van der Waals surface area contributed by atoms with Crippen LogP contribution in [0.3, 0.4) is 0 Å². The summed E-state index contributed by atoms with van der Waals surface area (Å²) in [6.45, 7) is 0. The number of hydrogen-bond acceptors (Lipinski definition) is 2. The van der Waals surface area contributed by atoms with Gasteiger partial charge in [0, 0.05) is 15.6 Å². The third-order valence-corrected chi connectivity index (χ3v) is 3.74. The highest BCUT2D eigenvalue weighted by Crippen LogP contribution is 2.31. The largest absolute Gasteiger partial charge is 0.292 e. The minimum atomic E-state index is -1.17. The number of hydrogen-bond donors (Lipinski definition) is 0. The molecule has 0 bridgehead atoms. The molecule has 0 radical (unpaired) electrons. The van der Waals surface area contributed by atoms with E-state index in [-0.39, 0.29) is 21.2 Å². The summed E-state index contributed by atoms with van der Waals surface area (Å²) >= 11 is 17.6. The van der Waals surface area contributed by atoms with Crippen LogP contribution in [0.25, 0.3) is 0 Å². The van der Waals surface area contributed by atoms with E-state index in [2.05, 4.69) is 0 Å². The maximum absolute atomic E-state index is 13.1. The number of nitriles is 1. The van der Waals surface area contributed by atoms with Gasteiger partial charge in [0.2, 0.25) is 0 Å². The average molecular weight is 343 g/mol. The number of ketones is 1. The van der Waals surface area contributed by atoms with Gasteiger partial charge in [0.15, 0.2) is 5.78 Å². The fourth-order valence-electron chi connectivity index (χ4n) is 1.85. The van der Waals surface area contributed by atoms with Gasteiger partial charge in [-0.15, -0.1) is 0 Å². The van der Waals surface area contributed by atoms with E-state index < -0.39 is 17.5 Å². The summed E-state index contributed by atoms with van der Waals surface area (Å²) in [6.07, 6.45) is 0. The van der Waals surface area contributed by atoms with Crippen molar-refractivity contribution in [2.75, 3.05) is 0 Å². The SMILES string of the molecule is N#CC(C(=O)c1ccc(Cl)cc1Cl)c1ccc(F)cc1Cl. The summed E-state index contributed by atoms with van der Waals surface area (Å²) in [5.41, 5.74) is 0.393. The van der Waals surface area contributed by atoms with Gasteiger partial charge in [-0.2, -0.15) is 5.26 Å². The van der Waals surface area contributed by atoms with Crippen molar-refractivity contribution < 1.29 is 9.18 Å². The Bertz CT molecular complexity index is 755. The predicted molar refractivity (Wildman–Crippen MR) is 80.6 cm³/mol. The molecule has 6 heteroatoms. The van der Waals surface area contributed by atoms with Gasteiger partial charge in [-0.3, -0.25) is 4.79 Å². The minimum absolute atomic E-state index is 0.0139. The lowest BCUT2D eigenvalue weighted by atomic mass is 9.92. The lowest BCUT2D eigenvalue weighted by Gasteiger charge is -2.12. The van der Waals surface area contributed by atoms with Crippen LogP contribution in [0.4, 0.5) is 4.39 Å². The molecule has 0 heterocycles. The molecule has 106 valence electrons. The third kappa shape index (κ3) is 3.36. The first-order valence-corrected chi connectivity index (χ1v) is 6.91. The topological polar surface area (TPSA) is 40.9 Å². The summed E-state index contributed by atoms with van der Waals surface area (Å²) < 4.78 is 13.1. The molecule has 0 amide bonds. The Morgan fingerprint density at radius 2 is 1.81 bits per heavy atom. The lowest BCUT2D eigenvalue weighted by molar-refractivity contribution is 0.0979. The van der Waals surface area contributed by atoms with Crippen molar-refractivity contribution in [3.05, 3.63) is 68.4 Å². The van der Waals surface area contributed by atoms with Crippen LogP contribution in [0.5, 0.6) is 0 Å². The van der Waals surface area contributed by atoms with Gasteiger partial charge in [-0.25, -0.2) is 4.39 Å². The fraction of sp³-hybridized carbons (Fsp3) is 0.0667. The smallest absolute Gasteiger partial charge is 0.186 e. The summed E-state index contributed by atoms with van der Waals surface area (Å²) in [6, 6.07) is 9.73. The Morgan fingerprint density at radius 3 is 2.38 bits per heavy atom. The summed E-state index contributed by atoms with van der Waals surface area (Å²) in [7, 11) is 0. The zero-order chi connectivity index (χ0) is 15.6. The Kier molecular flexibility index (Phi) is 4.84. The molecule has 1 unspecified atom stereocenters. The quantitative estimate of drug-likeness (QED) is 0.712. The highest BCUT2D eigenvalue weighted by Gasteiger charge is 2.25. The molecule has 0 spiro atoms. The van der Waals surface area contributed by atoms with Gasteiger partial charge < -0.3 is 0 Å². The van der Waals surface area contributed by atoms with Crippen LogP contribution >= 0.6 is 34.8 Å². The van der Waals surface area contributed by atoms with Crippen molar-refractivity contribution in [2.24, 2.45) is 0 Å². The van der Waals surface area contributed by atoms with E-state index in [0.717, 1.165) is 12.1 Å². The standard InChI is InChI=1S/C15H7Cl3FNO/c16-8-1-3-11(13(17)5-8)15(21)12(7-20)10-4-2-9(19)6-14(10)18/h1-6,12H. The molecule has 2 aromatic rings. The fourth-order valence-corrected chi connectivity index (χ4v) is 2.63. The normalized spacial score (nSPS) is 11.8. The zero-order valence-corrected chi connectivity index (χ0v) is 12.7. The van der Waals surface area contributed by atoms with Crippen LogP contribution in [0.15, 0.2) is 36.4 Å². The van der Waals surface area contributed by atoms with Crippen LogP contribution in [0.1, 0.15) is 21.8 Å². The van der Waals surface area contributed by atoms with Crippen molar-refractivity contribution in [3.63, 3.8) is 0 Å². The van der Waals surface area contributed by atoms with Gasteiger partial charge in [0.1, 0.15) is 11.7 Å². The molecular formula is C15H7Cl3FNO. The van der Waals surface area contributed by atoms with Gasteiger partial charge in [-0.05, 0) is 35.9 Å². The van der Waals surface area contributed by atoms with Crippen molar-refractivity contribution in [3.8, 4) is 6.07 Å². The Morgan fingerprint density at radius 1 is 1.10 bits per heavy atom. The second-order valence-electron chi connectivity index (χ2n) is 4.22. The first kappa shape index (κ1) is 15.8. The van der Waals surface area contributed by atoms with E-state index in [1.165, 1.54) is 24.3 Å². The van der Waals surface area contributed by atoms with Gasteiger partial charge in [-0.1, -0.05) is 40.9 Å². The Labute approximate surface area is 135 Å². The maximum Gasteiger partial charge on any atom is 0.186 e. The van der Waals surface area contributed by atoms with Crippen LogP contribution in [-0.4, -0.2) is 5.78 Å². The molecular weight excluding hydrogens is 336 g/mol. The van der Waals surface area contributed by atoms with E-state index >= 15 is 0 Å². The number of benzene rings is 2. The molecule has 2 rings (SSSR count). The first-order chi connectivity index (χ1) is 9.93. The van der Waals surface area contributed by atoms with E-state index in [0.29, 0.717) is 5.02 Å². The molecule has 21 heavy (non-hydrogen) atoms. The first-order valence-electron chi connectivity index (χ1n) is 5.78. The minimum Gasteiger partial charge on any atom is -0.292 e. The molecule has 0 aliphatic heterocycles. The van der Waals surface area contributed by atoms with Crippen LogP contribution in [-0.2, 0) is 0 Å². The van der Waals surface area contributed by atoms with E-state index in [1.807, 2.05) is 6.07 Å². The van der Waals surface area contributed by atoms with Gasteiger partial charge in [0.25, 0.3) is 0 Å². The van der Waals surface area contributed by atoms with E-state index in [1.54, 1.807) is 0 Å². The van der Waals surface area contributed by atoms with Gasteiger partial charge >= 0.3 is 0 Å². The van der Waals surface area contributed by atoms with Crippen molar-refractivity contribution in [2.45, 2.75) is 5.92 Å². The molecule has 0 aliphatic rings. The Hall–Kier alpha value is -1.60. The Balaban J connectivity index is 2.46. The second kappa shape index (κ2) is 6.44. The predicted octanol–water partition coefficient (Wildman–Crippen LogP) is 5.28. The van der Waals surface area contributed by atoms with E-state index in [9.17, 15) is 14.4 Å². The summed E-state index contributed by atoms with van der Waals surface area (Å²) in [5.74, 6) is -2.23. The lowest BCUT2D eigenvalue weighted by Crippen LogP contribution is -2.12. The monoisotopic (exact) mass is 341 g/mol. The maximum atomic E-state index is 13.1. The highest BCUT2D eigenvalue weighted by atomic mass is 35.5. The molecule has 2 aromatic carbocycles. The summed E-state index contributed by atoms with van der Waals surface area (Å²) in [5, 5.41) is 9.80. The number of carbonyl (C=O) groups excluding carboxylic acids is 1. The molecule has 0 N–H and O–H groups in total. The number of halogens is 4. The van der Waals surface area contributed by atoms with Crippen molar-refractivity contribution >= 4 is 40.6 Å². The summed E-state index contributed by atoms with van der Waals surface area (Å²) in [4.78, 5) is 12.4. The van der Waals surface area contributed by atoms with Crippen molar-refractivity contribution in [1.29, 1.82) is 5.26 Å². The third-order valence-electron chi connectivity index (χ3n) is 2.86. The molecule has 0 aromatic heterocycles. The van der Waals surface area contributed by atoms with Crippen LogP contribution in [0, 0.1) is 17.1 Å². The van der Waals surface area contributed by atoms with E-state index in [4.69, 9.17) is 34.8 Å². The number of nitrogens with zero attached hydrogens (tertiary/aromatic N) is 1. The highest BCUT2D eigenvalue weighted by molar-refractivity contribution is 6.37. The molecule has 1 atom stereocenters. The number of rotatable bonds is 3. The number of carbonyl (C=O) groups is 1. The average Bonchev–Trinajstić information content (AvgIpc) is 2.41. The molecule has 0 saturated heterocycles. The molecule has 0 fully saturated rings. The molecule has 2 nitrogen and oxygen atoms in total. The zero-order valence-electron chi connectivity index (χ0n) is 10.4. The molecule has 0 saturated carbocycles. The number of Topliss-reactive ketones (excluding diaryl/α,β-unsaturated/α-hetero) is 1. The molecule has 0 aliphatic carbocycles. The van der Waals surface area contributed by atoms with Gasteiger partial charge in [0.05, 0.1) is 11.1 Å². The van der Waals surface area contributed by atoms with Crippen LogP contribution < -0.4 is 0 Å². The second-order valence-corrected chi connectivity index (χ2v) is 5.47.